The van der Waals surface area contributed by atoms with Crippen LogP contribution in [-0.4, -0.2) is 34.6 Å². The highest BCUT2D eigenvalue weighted by atomic mass is 35.5. The van der Waals surface area contributed by atoms with Gasteiger partial charge in [-0.15, -0.1) is 0 Å². The van der Waals surface area contributed by atoms with Crippen LogP contribution in [0.25, 0.3) is 0 Å². The fourth-order valence-electron chi connectivity index (χ4n) is 1.44. The minimum atomic E-state index is -1.42. The maximum absolute atomic E-state index is 11.8. The molecule has 0 aliphatic carbocycles. The largest absolute Gasteiger partial charge is 0.480 e. The molecular weight excluding hydrogens is 302 g/mol. The van der Waals surface area contributed by atoms with Gasteiger partial charge in [0.05, 0.1) is 18.2 Å². The lowest BCUT2D eigenvalue weighted by molar-refractivity contribution is -0.158. The number of carboxylic acid groups (broad SMARTS) is 1. The fourth-order valence-corrected chi connectivity index (χ4v) is 1.64. The monoisotopic (exact) mass is 317 g/mol. The van der Waals surface area contributed by atoms with Crippen molar-refractivity contribution in [3.8, 4) is 0 Å². The van der Waals surface area contributed by atoms with Crippen molar-refractivity contribution in [3.05, 3.63) is 23.1 Å². The van der Waals surface area contributed by atoms with Crippen LogP contribution >= 0.6 is 11.6 Å². The molecule has 1 aromatic rings. The van der Waals surface area contributed by atoms with Crippen molar-refractivity contribution in [3.63, 3.8) is 0 Å². The number of halogens is 1. The molecular formula is C13H16ClNO6. The fraction of sp³-hybridized carbons (Fsp3) is 0.462. The van der Waals surface area contributed by atoms with Crippen molar-refractivity contribution in [1.29, 1.82) is 0 Å². The van der Waals surface area contributed by atoms with E-state index in [1.165, 1.54) is 12.3 Å². The summed E-state index contributed by atoms with van der Waals surface area (Å²) in [5.74, 6) is -2.83. The van der Waals surface area contributed by atoms with E-state index in [1.54, 1.807) is 20.8 Å². The molecule has 0 bridgehead atoms. The van der Waals surface area contributed by atoms with Crippen molar-refractivity contribution < 1.29 is 28.6 Å². The molecule has 0 aliphatic rings. The van der Waals surface area contributed by atoms with Crippen molar-refractivity contribution in [2.75, 3.05) is 0 Å². The Kier molecular flexibility index (Phi) is 5.37. The van der Waals surface area contributed by atoms with E-state index in [-0.39, 0.29) is 10.8 Å². The molecule has 0 aliphatic heterocycles. The number of rotatable bonds is 5. The molecule has 0 spiro atoms. The summed E-state index contributed by atoms with van der Waals surface area (Å²) in [5.41, 5.74) is -0.745. The van der Waals surface area contributed by atoms with Gasteiger partial charge in [0.25, 0.3) is 5.91 Å². The average molecular weight is 318 g/mol. The summed E-state index contributed by atoms with van der Waals surface area (Å²) in [6.45, 7) is 4.97. The standard InChI is InChI=1S/C13H16ClNO6/c1-13(2,3)21-9(16)6-8(12(18)19)15-11(17)7-4-5-20-10(7)14/h4-5,8H,6H2,1-3H3,(H,15,17)(H,18,19)/t8-/m0/s1. The van der Waals surface area contributed by atoms with Crippen LogP contribution in [0.5, 0.6) is 0 Å². The van der Waals surface area contributed by atoms with Gasteiger partial charge < -0.3 is 19.6 Å². The number of furan rings is 1. The highest BCUT2D eigenvalue weighted by molar-refractivity contribution is 6.32. The van der Waals surface area contributed by atoms with E-state index in [0.29, 0.717) is 0 Å². The van der Waals surface area contributed by atoms with Crippen LogP contribution in [0.15, 0.2) is 16.7 Å². The molecule has 1 heterocycles. The van der Waals surface area contributed by atoms with E-state index in [9.17, 15) is 14.4 Å². The Labute approximate surface area is 126 Å². The highest BCUT2D eigenvalue weighted by Gasteiger charge is 2.27. The van der Waals surface area contributed by atoms with E-state index in [1.807, 2.05) is 0 Å². The predicted octanol–water partition coefficient (Wildman–Crippen LogP) is 1.85. The van der Waals surface area contributed by atoms with Crippen LogP contribution < -0.4 is 5.32 Å². The number of nitrogens with one attached hydrogen (secondary N) is 1. The van der Waals surface area contributed by atoms with Gasteiger partial charge in [0.15, 0.2) is 0 Å². The predicted molar refractivity (Wildman–Crippen MR) is 73.1 cm³/mol. The number of hydrogen-bond acceptors (Lipinski definition) is 5. The Morgan fingerprint density at radius 1 is 1.43 bits per heavy atom. The summed E-state index contributed by atoms with van der Waals surface area (Å²) in [5, 5.41) is 11.1. The number of carboxylic acids is 1. The second-order valence-corrected chi connectivity index (χ2v) is 5.61. The first-order valence-electron chi connectivity index (χ1n) is 6.08. The molecule has 2 N–H and O–H groups in total. The summed E-state index contributed by atoms with van der Waals surface area (Å²) in [6, 6.07) is -0.123. The molecule has 1 amide bonds. The van der Waals surface area contributed by atoms with Crippen molar-refractivity contribution in [1.82, 2.24) is 5.32 Å². The molecule has 21 heavy (non-hydrogen) atoms. The van der Waals surface area contributed by atoms with Crippen LogP contribution in [0.1, 0.15) is 37.6 Å². The summed E-state index contributed by atoms with van der Waals surface area (Å²) in [7, 11) is 0. The average Bonchev–Trinajstić information content (AvgIpc) is 2.71. The first-order chi connectivity index (χ1) is 9.60. The molecule has 8 heteroatoms. The van der Waals surface area contributed by atoms with Crippen LogP contribution in [0, 0.1) is 0 Å². The van der Waals surface area contributed by atoms with Gasteiger partial charge in [-0.1, -0.05) is 0 Å². The summed E-state index contributed by atoms with van der Waals surface area (Å²) in [4.78, 5) is 34.6. The van der Waals surface area contributed by atoms with Gasteiger partial charge in [-0.3, -0.25) is 9.59 Å². The van der Waals surface area contributed by atoms with Crippen LogP contribution in [0.3, 0.4) is 0 Å². The normalized spacial score (nSPS) is 12.6. The van der Waals surface area contributed by atoms with Gasteiger partial charge >= 0.3 is 11.9 Å². The van der Waals surface area contributed by atoms with E-state index in [4.69, 9.17) is 25.9 Å². The SMILES string of the molecule is CC(C)(C)OC(=O)C[C@H](NC(=O)c1ccoc1Cl)C(=O)O. The van der Waals surface area contributed by atoms with Gasteiger partial charge in [-0.2, -0.15) is 0 Å². The summed E-state index contributed by atoms with van der Waals surface area (Å²) < 4.78 is 9.76. The maximum atomic E-state index is 11.8. The van der Waals surface area contributed by atoms with E-state index < -0.39 is 35.9 Å². The Morgan fingerprint density at radius 3 is 2.48 bits per heavy atom. The third-order valence-corrected chi connectivity index (χ3v) is 2.55. The third-order valence-electron chi connectivity index (χ3n) is 2.26. The number of amides is 1. The molecule has 1 aromatic heterocycles. The number of ether oxygens (including phenoxy) is 1. The summed E-state index contributed by atoms with van der Waals surface area (Å²) >= 11 is 5.62. The lowest BCUT2D eigenvalue weighted by Crippen LogP contribution is -2.43. The Hall–Kier alpha value is -2.02. The summed E-state index contributed by atoms with van der Waals surface area (Å²) in [6.07, 6.45) is 0.703. The van der Waals surface area contributed by atoms with Crippen LogP contribution in [0.4, 0.5) is 0 Å². The first kappa shape index (κ1) is 17.0. The Morgan fingerprint density at radius 2 is 2.05 bits per heavy atom. The van der Waals surface area contributed by atoms with Crippen molar-refractivity contribution in [2.45, 2.75) is 38.8 Å². The quantitative estimate of drug-likeness (QED) is 0.803. The van der Waals surface area contributed by atoms with Gasteiger partial charge in [-0.05, 0) is 38.4 Å². The Balaban J connectivity index is 2.71. The number of carbonyl (C=O) groups is 3. The number of hydrogen-bond donors (Lipinski definition) is 2. The zero-order valence-electron chi connectivity index (χ0n) is 11.8. The topological polar surface area (TPSA) is 106 Å². The molecule has 1 rings (SSSR count). The molecule has 1 atom stereocenters. The van der Waals surface area contributed by atoms with E-state index >= 15 is 0 Å². The second kappa shape index (κ2) is 6.62. The van der Waals surface area contributed by atoms with Gasteiger partial charge in [0, 0.05) is 0 Å². The maximum Gasteiger partial charge on any atom is 0.326 e. The zero-order valence-corrected chi connectivity index (χ0v) is 12.6. The second-order valence-electron chi connectivity index (χ2n) is 5.26. The molecule has 116 valence electrons. The lowest BCUT2D eigenvalue weighted by Gasteiger charge is -2.21. The van der Waals surface area contributed by atoms with Gasteiger partial charge in [0.2, 0.25) is 5.22 Å². The van der Waals surface area contributed by atoms with Crippen molar-refractivity contribution in [2.24, 2.45) is 0 Å². The Bertz CT molecular complexity index is 545. The molecule has 0 aromatic carbocycles. The van der Waals surface area contributed by atoms with Crippen LogP contribution in [-0.2, 0) is 14.3 Å². The first-order valence-corrected chi connectivity index (χ1v) is 6.46. The van der Waals surface area contributed by atoms with Crippen LogP contribution in [0.2, 0.25) is 5.22 Å². The van der Waals surface area contributed by atoms with Crippen molar-refractivity contribution >= 4 is 29.4 Å². The smallest absolute Gasteiger partial charge is 0.326 e. The number of aliphatic carboxylic acids is 1. The molecule has 0 saturated carbocycles. The lowest BCUT2D eigenvalue weighted by atomic mass is 10.1. The van der Waals surface area contributed by atoms with E-state index in [2.05, 4.69) is 5.32 Å². The van der Waals surface area contributed by atoms with Gasteiger partial charge in [-0.25, -0.2) is 4.79 Å². The van der Waals surface area contributed by atoms with Gasteiger partial charge in [0.1, 0.15) is 11.6 Å². The van der Waals surface area contributed by atoms with E-state index in [0.717, 1.165) is 0 Å². The molecule has 0 radical (unpaired) electrons. The number of carbonyl (C=O) groups excluding carboxylic acids is 2. The highest BCUT2D eigenvalue weighted by Crippen LogP contribution is 2.17. The minimum Gasteiger partial charge on any atom is -0.480 e. The minimum absolute atomic E-state index is 0.00731. The third kappa shape index (κ3) is 5.47. The molecule has 0 fully saturated rings. The zero-order chi connectivity index (χ0) is 16.2. The molecule has 7 nitrogen and oxygen atoms in total. The number of esters is 1. The molecule has 0 saturated heterocycles. The molecule has 0 unspecified atom stereocenters.